The fourth-order valence-corrected chi connectivity index (χ4v) is 2.99. The topological polar surface area (TPSA) is 59.1 Å². The molecule has 1 aromatic heterocycles. The summed E-state index contributed by atoms with van der Waals surface area (Å²) < 4.78 is 23.4. The second-order valence-corrected chi connectivity index (χ2v) is 7.16. The van der Waals surface area contributed by atoms with Gasteiger partial charge in [0.1, 0.15) is 0 Å². The van der Waals surface area contributed by atoms with Gasteiger partial charge in [0, 0.05) is 23.9 Å². The quantitative estimate of drug-likeness (QED) is 0.928. The minimum atomic E-state index is -3.09. The first-order chi connectivity index (χ1) is 8.93. The van der Waals surface area contributed by atoms with Gasteiger partial charge in [-0.05, 0) is 37.7 Å². The zero-order valence-corrected chi connectivity index (χ0v) is 12.1. The smallest absolute Gasteiger partial charge is 0.151 e. The minimum absolute atomic E-state index is 0.223. The van der Waals surface area contributed by atoms with E-state index in [-0.39, 0.29) is 6.04 Å². The van der Waals surface area contributed by atoms with E-state index in [1.807, 2.05) is 30.3 Å². The van der Waals surface area contributed by atoms with E-state index in [1.54, 1.807) is 20.2 Å². The van der Waals surface area contributed by atoms with E-state index >= 15 is 0 Å². The molecule has 102 valence electrons. The number of benzene rings is 1. The number of aromatic nitrogens is 1. The molecule has 0 aliphatic carbocycles. The zero-order chi connectivity index (χ0) is 14.0. The molecule has 0 radical (unpaired) electrons. The van der Waals surface area contributed by atoms with Gasteiger partial charge in [-0.2, -0.15) is 0 Å². The Morgan fingerprint density at radius 1 is 1.26 bits per heavy atom. The molecule has 5 heteroatoms. The maximum atomic E-state index is 11.7. The molecule has 2 rings (SSSR count). The highest BCUT2D eigenvalue weighted by Crippen LogP contribution is 2.24. The standard InChI is InChI=1S/C14H18N2O2S/c1-10(19(3,17)18)14(15-2)12-6-7-13-11(9-12)5-4-8-16-13/h4-10,14-15H,1-3H3. The molecule has 2 aromatic rings. The number of rotatable bonds is 4. The second kappa shape index (κ2) is 5.27. The van der Waals surface area contributed by atoms with Crippen molar-refractivity contribution in [3.05, 3.63) is 42.1 Å². The average molecular weight is 278 g/mol. The van der Waals surface area contributed by atoms with Gasteiger partial charge in [-0.1, -0.05) is 12.1 Å². The molecule has 0 aliphatic heterocycles. The Morgan fingerprint density at radius 2 is 2.00 bits per heavy atom. The fraction of sp³-hybridized carbons (Fsp3) is 0.357. The summed E-state index contributed by atoms with van der Waals surface area (Å²) >= 11 is 0. The minimum Gasteiger partial charge on any atom is -0.312 e. The number of sulfone groups is 1. The van der Waals surface area contributed by atoms with Crippen LogP contribution in [0.5, 0.6) is 0 Å². The van der Waals surface area contributed by atoms with Gasteiger partial charge in [-0.3, -0.25) is 4.98 Å². The maximum absolute atomic E-state index is 11.7. The van der Waals surface area contributed by atoms with Crippen molar-refractivity contribution in [3.8, 4) is 0 Å². The Hall–Kier alpha value is -1.46. The number of hydrogen-bond donors (Lipinski definition) is 1. The first kappa shape index (κ1) is 14.0. The summed E-state index contributed by atoms with van der Waals surface area (Å²) in [5.41, 5.74) is 1.87. The lowest BCUT2D eigenvalue weighted by atomic mass is 10.0. The molecule has 0 saturated heterocycles. The summed E-state index contributed by atoms with van der Waals surface area (Å²) in [5.74, 6) is 0. The van der Waals surface area contributed by atoms with Crippen molar-refractivity contribution in [2.45, 2.75) is 18.2 Å². The molecule has 2 atom stereocenters. The van der Waals surface area contributed by atoms with E-state index in [1.165, 1.54) is 6.26 Å². The summed E-state index contributed by atoms with van der Waals surface area (Å²) in [6.45, 7) is 1.73. The van der Waals surface area contributed by atoms with Gasteiger partial charge < -0.3 is 5.32 Å². The monoisotopic (exact) mass is 278 g/mol. The molecule has 1 aromatic carbocycles. The van der Waals surface area contributed by atoms with Crippen molar-refractivity contribution in [1.82, 2.24) is 10.3 Å². The van der Waals surface area contributed by atoms with Crippen LogP contribution in [0.25, 0.3) is 10.9 Å². The number of pyridine rings is 1. The van der Waals surface area contributed by atoms with Crippen molar-refractivity contribution in [1.29, 1.82) is 0 Å². The first-order valence-corrected chi connectivity index (χ1v) is 8.10. The highest BCUT2D eigenvalue weighted by Gasteiger charge is 2.26. The number of nitrogens with one attached hydrogen (secondary N) is 1. The third-order valence-electron chi connectivity index (χ3n) is 3.44. The highest BCUT2D eigenvalue weighted by molar-refractivity contribution is 7.91. The molecule has 0 saturated carbocycles. The molecule has 0 spiro atoms. The van der Waals surface area contributed by atoms with Crippen LogP contribution < -0.4 is 5.32 Å². The van der Waals surface area contributed by atoms with Crippen molar-refractivity contribution in [2.75, 3.05) is 13.3 Å². The van der Waals surface area contributed by atoms with Gasteiger partial charge in [0.15, 0.2) is 9.84 Å². The lowest BCUT2D eigenvalue weighted by molar-refractivity contribution is 0.535. The number of fused-ring (bicyclic) bond motifs is 1. The Labute approximate surface area is 113 Å². The predicted molar refractivity (Wildman–Crippen MR) is 77.8 cm³/mol. The molecule has 0 aliphatic rings. The Morgan fingerprint density at radius 3 is 2.63 bits per heavy atom. The Bertz CT molecular complexity index is 683. The van der Waals surface area contributed by atoms with Gasteiger partial charge in [-0.15, -0.1) is 0 Å². The van der Waals surface area contributed by atoms with Crippen molar-refractivity contribution < 1.29 is 8.42 Å². The van der Waals surface area contributed by atoms with Crippen LogP contribution in [0.4, 0.5) is 0 Å². The van der Waals surface area contributed by atoms with E-state index < -0.39 is 15.1 Å². The summed E-state index contributed by atoms with van der Waals surface area (Å²) in [6, 6.07) is 9.47. The Kier molecular flexibility index (Phi) is 3.87. The van der Waals surface area contributed by atoms with Crippen molar-refractivity contribution >= 4 is 20.7 Å². The first-order valence-electron chi connectivity index (χ1n) is 6.14. The predicted octanol–water partition coefficient (Wildman–Crippen LogP) is 1.93. The van der Waals surface area contributed by atoms with E-state index in [2.05, 4.69) is 10.3 Å². The van der Waals surface area contributed by atoms with Gasteiger partial charge in [0.2, 0.25) is 0 Å². The maximum Gasteiger partial charge on any atom is 0.151 e. The Balaban J connectivity index is 2.46. The van der Waals surface area contributed by atoms with Crippen LogP contribution in [0.3, 0.4) is 0 Å². The van der Waals surface area contributed by atoms with Crippen LogP contribution in [0, 0.1) is 0 Å². The van der Waals surface area contributed by atoms with Crippen LogP contribution in [0.2, 0.25) is 0 Å². The molecule has 0 amide bonds. The number of nitrogens with zero attached hydrogens (tertiary/aromatic N) is 1. The van der Waals surface area contributed by atoms with E-state index in [0.717, 1.165) is 16.5 Å². The van der Waals surface area contributed by atoms with Crippen LogP contribution in [0.1, 0.15) is 18.5 Å². The summed E-state index contributed by atoms with van der Waals surface area (Å²) in [6.07, 6.45) is 3.02. The van der Waals surface area contributed by atoms with Crippen molar-refractivity contribution in [3.63, 3.8) is 0 Å². The molecule has 2 unspecified atom stereocenters. The van der Waals surface area contributed by atoms with Gasteiger partial charge in [0.05, 0.1) is 10.8 Å². The van der Waals surface area contributed by atoms with Crippen LogP contribution in [0.15, 0.2) is 36.5 Å². The van der Waals surface area contributed by atoms with E-state index in [0.29, 0.717) is 0 Å². The van der Waals surface area contributed by atoms with Crippen LogP contribution >= 0.6 is 0 Å². The van der Waals surface area contributed by atoms with Gasteiger partial charge >= 0.3 is 0 Å². The van der Waals surface area contributed by atoms with Crippen LogP contribution in [-0.4, -0.2) is 32.0 Å². The molecular weight excluding hydrogens is 260 g/mol. The largest absolute Gasteiger partial charge is 0.312 e. The summed E-state index contributed by atoms with van der Waals surface area (Å²) in [7, 11) is -1.32. The SMILES string of the molecule is CNC(c1ccc2ncccc2c1)C(C)S(C)(=O)=O. The average Bonchev–Trinajstić information content (AvgIpc) is 2.38. The molecule has 0 bridgehead atoms. The lowest BCUT2D eigenvalue weighted by Crippen LogP contribution is -2.32. The lowest BCUT2D eigenvalue weighted by Gasteiger charge is -2.22. The molecule has 19 heavy (non-hydrogen) atoms. The van der Waals surface area contributed by atoms with E-state index in [4.69, 9.17) is 0 Å². The molecule has 1 heterocycles. The third-order valence-corrected chi connectivity index (χ3v) is 5.06. The van der Waals surface area contributed by atoms with Crippen LogP contribution in [-0.2, 0) is 9.84 Å². The summed E-state index contributed by atoms with van der Waals surface area (Å²) in [5, 5.41) is 3.62. The van der Waals surface area contributed by atoms with Crippen molar-refractivity contribution in [2.24, 2.45) is 0 Å². The third kappa shape index (κ3) is 2.93. The molecule has 4 nitrogen and oxygen atoms in total. The van der Waals surface area contributed by atoms with Gasteiger partial charge in [0.25, 0.3) is 0 Å². The van der Waals surface area contributed by atoms with E-state index in [9.17, 15) is 8.42 Å². The normalized spacial score (nSPS) is 15.3. The highest BCUT2D eigenvalue weighted by atomic mass is 32.2. The fourth-order valence-electron chi connectivity index (χ4n) is 2.21. The summed E-state index contributed by atoms with van der Waals surface area (Å²) in [4.78, 5) is 4.26. The zero-order valence-electron chi connectivity index (χ0n) is 11.3. The molecule has 1 N–H and O–H groups in total. The molecular formula is C14H18N2O2S. The molecule has 0 fully saturated rings. The number of hydrogen-bond acceptors (Lipinski definition) is 4. The van der Waals surface area contributed by atoms with Gasteiger partial charge in [-0.25, -0.2) is 8.42 Å². The second-order valence-electron chi connectivity index (χ2n) is 4.76.